The monoisotopic (exact) mass is 544 g/mol. The molecule has 9 heteroatoms. The molecule has 1 aromatic carbocycles. The lowest BCUT2D eigenvalue weighted by Crippen LogP contribution is -2.53. The summed E-state index contributed by atoms with van der Waals surface area (Å²) in [6.07, 6.45) is 3.27. The van der Waals surface area contributed by atoms with Crippen LogP contribution in [0.15, 0.2) is 29.3 Å². The lowest BCUT2D eigenvalue weighted by atomic mass is 10.1. The molecule has 8 nitrogen and oxygen atoms in total. The molecule has 2 fully saturated rings. The Kier molecular flexibility index (Phi) is 9.21. The normalized spacial score (nSPS) is 23.8. The van der Waals surface area contributed by atoms with Gasteiger partial charge in [-0.05, 0) is 38.3 Å². The van der Waals surface area contributed by atoms with Crippen LogP contribution in [0.1, 0.15) is 26.2 Å². The second-order valence-electron chi connectivity index (χ2n) is 7.80. The average Bonchev–Trinajstić information content (AvgIpc) is 3.32. The van der Waals surface area contributed by atoms with E-state index in [9.17, 15) is 4.79 Å². The maximum Gasteiger partial charge on any atom is 0.265 e. The van der Waals surface area contributed by atoms with Crippen molar-refractivity contribution < 1.29 is 19.0 Å². The Hall–Kier alpha value is -1.59. The molecule has 0 radical (unpaired) electrons. The van der Waals surface area contributed by atoms with Crippen molar-refractivity contribution in [2.45, 2.75) is 38.4 Å². The van der Waals surface area contributed by atoms with Crippen LogP contribution in [0, 0.1) is 0 Å². The van der Waals surface area contributed by atoms with Crippen molar-refractivity contribution in [1.82, 2.24) is 10.2 Å². The number of halogens is 1. The van der Waals surface area contributed by atoms with Gasteiger partial charge in [0.15, 0.2) is 12.6 Å². The number of benzene rings is 1. The SMILES string of the molecule is CCNC(=NCCCN1C(=O)COc2ccccc21)N1CCOC(C2CCCO2)C1.I. The summed E-state index contributed by atoms with van der Waals surface area (Å²) < 4.78 is 17.3. The summed E-state index contributed by atoms with van der Waals surface area (Å²) in [4.78, 5) is 21.2. The predicted octanol–water partition coefficient (Wildman–Crippen LogP) is 2.27. The summed E-state index contributed by atoms with van der Waals surface area (Å²) in [6.45, 7) is 7.42. The number of rotatable bonds is 6. The number of hydrogen-bond donors (Lipinski definition) is 1. The zero-order valence-corrected chi connectivity index (χ0v) is 20.5. The molecule has 0 spiro atoms. The number of nitrogens with one attached hydrogen (secondary N) is 1. The summed E-state index contributed by atoms with van der Waals surface area (Å²) in [5.74, 6) is 1.68. The third-order valence-corrected chi connectivity index (χ3v) is 5.72. The highest BCUT2D eigenvalue weighted by atomic mass is 127. The molecule has 0 aliphatic carbocycles. The Morgan fingerprint density at radius 1 is 1.23 bits per heavy atom. The van der Waals surface area contributed by atoms with Crippen molar-refractivity contribution >= 4 is 41.5 Å². The Balaban J connectivity index is 0.00000272. The van der Waals surface area contributed by atoms with Crippen molar-refractivity contribution in [1.29, 1.82) is 0 Å². The molecule has 3 aliphatic heterocycles. The largest absolute Gasteiger partial charge is 0.482 e. The van der Waals surface area contributed by atoms with Gasteiger partial charge in [-0.25, -0.2) is 0 Å². The molecule has 1 amide bonds. The highest BCUT2D eigenvalue weighted by molar-refractivity contribution is 14.0. The molecule has 2 atom stereocenters. The minimum absolute atomic E-state index is 0. The fraction of sp³-hybridized carbons (Fsp3) is 0.636. The third kappa shape index (κ3) is 6.01. The lowest BCUT2D eigenvalue weighted by molar-refractivity contribution is -0.121. The van der Waals surface area contributed by atoms with Crippen LogP contribution in [0.3, 0.4) is 0 Å². The zero-order chi connectivity index (χ0) is 20.8. The van der Waals surface area contributed by atoms with Gasteiger partial charge >= 0.3 is 0 Å². The molecule has 2 unspecified atom stereocenters. The van der Waals surface area contributed by atoms with Gasteiger partial charge in [-0.2, -0.15) is 0 Å². The Morgan fingerprint density at radius 2 is 2.06 bits per heavy atom. The number of para-hydroxylation sites is 2. The van der Waals surface area contributed by atoms with E-state index in [1.54, 1.807) is 0 Å². The molecular formula is C22H33IN4O4. The Morgan fingerprint density at radius 3 is 2.87 bits per heavy atom. The van der Waals surface area contributed by atoms with E-state index in [2.05, 4.69) is 17.1 Å². The van der Waals surface area contributed by atoms with Crippen LogP contribution >= 0.6 is 24.0 Å². The van der Waals surface area contributed by atoms with Crippen molar-refractivity contribution in [2.24, 2.45) is 4.99 Å². The van der Waals surface area contributed by atoms with Gasteiger partial charge in [-0.15, -0.1) is 24.0 Å². The summed E-state index contributed by atoms with van der Waals surface area (Å²) in [5, 5.41) is 3.41. The van der Waals surface area contributed by atoms with Crippen LogP contribution in [0.25, 0.3) is 0 Å². The molecule has 1 aromatic rings. The molecule has 3 aliphatic rings. The quantitative estimate of drug-likeness (QED) is 0.257. The van der Waals surface area contributed by atoms with Crippen molar-refractivity contribution in [3.8, 4) is 5.75 Å². The molecule has 1 N–H and O–H groups in total. The molecule has 31 heavy (non-hydrogen) atoms. The first-order valence-corrected chi connectivity index (χ1v) is 11.0. The number of ether oxygens (including phenoxy) is 3. The third-order valence-electron chi connectivity index (χ3n) is 5.72. The van der Waals surface area contributed by atoms with E-state index in [0.717, 1.165) is 62.9 Å². The minimum atomic E-state index is -0.00262. The second-order valence-corrected chi connectivity index (χ2v) is 7.80. The molecule has 0 saturated carbocycles. The van der Waals surface area contributed by atoms with Gasteiger partial charge in [0, 0.05) is 39.3 Å². The second kappa shape index (κ2) is 11.9. The number of guanidine groups is 1. The van der Waals surface area contributed by atoms with Gasteiger partial charge in [-0.1, -0.05) is 12.1 Å². The van der Waals surface area contributed by atoms with Gasteiger partial charge in [-0.3, -0.25) is 9.79 Å². The molecule has 172 valence electrons. The van der Waals surface area contributed by atoms with Crippen LogP contribution in [-0.2, 0) is 14.3 Å². The zero-order valence-electron chi connectivity index (χ0n) is 18.1. The maximum absolute atomic E-state index is 12.3. The standard InChI is InChI=1S/C22H32N4O4.HI/c1-2-23-22(25-12-14-29-20(15-25)19-9-5-13-28-19)24-10-6-11-26-17-7-3-4-8-18(17)30-16-21(26)27;/h3-4,7-8,19-20H,2,5-6,9-16H2,1H3,(H,23,24);1H. The fourth-order valence-corrected chi connectivity index (χ4v) is 4.23. The number of carbonyl (C=O) groups is 1. The first-order chi connectivity index (χ1) is 14.8. The van der Waals surface area contributed by atoms with Crippen LogP contribution < -0.4 is 15.0 Å². The van der Waals surface area contributed by atoms with E-state index >= 15 is 0 Å². The molecule has 2 saturated heterocycles. The van der Waals surface area contributed by atoms with E-state index in [1.807, 2.05) is 29.2 Å². The summed E-state index contributed by atoms with van der Waals surface area (Å²) in [6, 6.07) is 7.68. The number of morpholine rings is 1. The maximum atomic E-state index is 12.3. The number of hydrogen-bond acceptors (Lipinski definition) is 5. The number of fused-ring (bicyclic) bond motifs is 1. The highest BCUT2D eigenvalue weighted by Gasteiger charge is 2.32. The van der Waals surface area contributed by atoms with E-state index in [0.29, 0.717) is 19.7 Å². The summed E-state index contributed by atoms with van der Waals surface area (Å²) in [5.41, 5.74) is 0.845. The summed E-state index contributed by atoms with van der Waals surface area (Å²) in [7, 11) is 0. The smallest absolute Gasteiger partial charge is 0.265 e. The molecule has 0 bridgehead atoms. The number of anilines is 1. The van der Waals surface area contributed by atoms with Gasteiger partial charge in [0.05, 0.1) is 18.4 Å². The number of aliphatic imine (C=N–C) groups is 1. The molecule has 3 heterocycles. The van der Waals surface area contributed by atoms with E-state index in [-0.39, 0.29) is 48.7 Å². The topological polar surface area (TPSA) is 75.6 Å². The Labute approximate surface area is 201 Å². The lowest BCUT2D eigenvalue weighted by Gasteiger charge is -2.37. The predicted molar refractivity (Wildman–Crippen MR) is 131 cm³/mol. The van der Waals surface area contributed by atoms with E-state index < -0.39 is 0 Å². The molecule has 0 aromatic heterocycles. The molecular weight excluding hydrogens is 511 g/mol. The minimum Gasteiger partial charge on any atom is -0.482 e. The van der Waals surface area contributed by atoms with Crippen LogP contribution in [0.5, 0.6) is 5.75 Å². The number of nitrogens with zero attached hydrogens (tertiary/aromatic N) is 3. The van der Waals surface area contributed by atoms with Gasteiger partial charge in [0.1, 0.15) is 11.9 Å². The highest BCUT2D eigenvalue weighted by Crippen LogP contribution is 2.31. The van der Waals surface area contributed by atoms with Gasteiger partial charge in [0.25, 0.3) is 5.91 Å². The van der Waals surface area contributed by atoms with Crippen LogP contribution in [-0.4, -0.2) is 81.5 Å². The Bertz CT molecular complexity index is 757. The number of carbonyl (C=O) groups excluding carboxylic acids is 1. The van der Waals surface area contributed by atoms with E-state index in [4.69, 9.17) is 19.2 Å². The van der Waals surface area contributed by atoms with Crippen molar-refractivity contribution in [3.63, 3.8) is 0 Å². The van der Waals surface area contributed by atoms with Crippen LogP contribution in [0.4, 0.5) is 5.69 Å². The fourth-order valence-electron chi connectivity index (χ4n) is 4.23. The average molecular weight is 544 g/mol. The number of amides is 1. The van der Waals surface area contributed by atoms with Crippen molar-refractivity contribution in [2.75, 3.05) is 57.4 Å². The first kappa shape index (κ1) is 24.1. The van der Waals surface area contributed by atoms with Crippen molar-refractivity contribution in [3.05, 3.63) is 24.3 Å². The first-order valence-electron chi connectivity index (χ1n) is 11.0. The van der Waals surface area contributed by atoms with Gasteiger partial charge < -0.3 is 29.3 Å². The van der Waals surface area contributed by atoms with E-state index in [1.165, 1.54) is 0 Å². The molecule has 4 rings (SSSR count). The van der Waals surface area contributed by atoms with Crippen LogP contribution in [0.2, 0.25) is 0 Å². The summed E-state index contributed by atoms with van der Waals surface area (Å²) >= 11 is 0. The van der Waals surface area contributed by atoms with Gasteiger partial charge in [0.2, 0.25) is 0 Å².